The molecule has 0 radical (unpaired) electrons. The van der Waals surface area contributed by atoms with Crippen LogP contribution in [-0.4, -0.2) is 44.4 Å². The molecule has 136 valence electrons. The van der Waals surface area contributed by atoms with Crippen LogP contribution in [-0.2, 0) is 17.8 Å². The molecule has 1 saturated heterocycles. The zero-order valence-electron chi connectivity index (χ0n) is 15.0. The molecule has 5 nitrogen and oxygen atoms in total. The number of morpholine rings is 1. The van der Waals surface area contributed by atoms with Crippen LogP contribution in [0.15, 0.2) is 48.5 Å². The van der Waals surface area contributed by atoms with Gasteiger partial charge in [-0.2, -0.15) is 5.26 Å². The van der Waals surface area contributed by atoms with E-state index in [-0.39, 0.29) is 0 Å². The number of rotatable bonds is 8. The Morgan fingerprint density at radius 2 is 1.81 bits per heavy atom. The number of hydrogen-bond acceptors (Lipinski definition) is 5. The van der Waals surface area contributed by atoms with Gasteiger partial charge >= 0.3 is 0 Å². The molecule has 0 aliphatic carbocycles. The van der Waals surface area contributed by atoms with Crippen molar-refractivity contribution in [2.24, 2.45) is 0 Å². The number of ether oxygens (including phenoxy) is 2. The molecule has 2 aromatic rings. The Hall–Kier alpha value is -2.39. The van der Waals surface area contributed by atoms with Gasteiger partial charge in [0.2, 0.25) is 0 Å². The van der Waals surface area contributed by atoms with Gasteiger partial charge in [-0.25, -0.2) is 0 Å². The van der Waals surface area contributed by atoms with Crippen molar-refractivity contribution in [3.63, 3.8) is 0 Å². The molecule has 0 amide bonds. The highest BCUT2D eigenvalue weighted by molar-refractivity contribution is 5.34. The van der Waals surface area contributed by atoms with Gasteiger partial charge in [-0.15, -0.1) is 0 Å². The largest absolute Gasteiger partial charge is 0.492 e. The highest BCUT2D eigenvalue weighted by atomic mass is 16.5. The van der Waals surface area contributed by atoms with Gasteiger partial charge in [0, 0.05) is 38.3 Å². The molecule has 1 fully saturated rings. The summed E-state index contributed by atoms with van der Waals surface area (Å²) in [4.78, 5) is 2.37. The fourth-order valence-corrected chi connectivity index (χ4v) is 2.94. The van der Waals surface area contributed by atoms with Crippen LogP contribution in [0.4, 0.5) is 0 Å². The summed E-state index contributed by atoms with van der Waals surface area (Å²) in [6, 6.07) is 18.0. The summed E-state index contributed by atoms with van der Waals surface area (Å²) in [6.07, 6.45) is 0. The number of nitrogens with zero attached hydrogens (tertiary/aromatic N) is 2. The van der Waals surface area contributed by atoms with E-state index < -0.39 is 0 Å². The lowest BCUT2D eigenvalue weighted by Gasteiger charge is -2.26. The van der Waals surface area contributed by atoms with Gasteiger partial charge in [0.1, 0.15) is 12.4 Å². The Balaban J connectivity index is 1.46. The number of nitrogens with one attached hydrogen (secondary N) is 1. The Kier molecular flexibility index (Phi) is 7.03. The quantitative estimate of drug-likeness (QED) is 0.792. The average Bonchev–Trinajstić information content (AvgIpc) is 2.70. The van der Waals surface area contributed by atoms with Crippen LogP contribution in [0.2, 0.25) is 0 Å². The maximum Gasteiger partial charge on any atom is 0.123 e. The molecule has 5 heteroatoms. The summed E-state index contributed by atoms with van der Waals surface area (Å²) >= 11 is 0. The molecule has 2 aromatic carbocycles. The standard InChI is InChI=1S/C21H25N3O2/c22-15-18-5-7-19(8-6-18)16-23-17-20-3-1-2-4-21(20)26-14-11-24-9-12-25-13-10-24/h1-8,23H,9-14,16-17H2. The van der Waals surface area contributed by atoms with Gasteiger partial charge in [0.15, 0.2) is 0 Å². The summed E-state index contributed by atoms with van der Waals surface area (Å²) in [5, 5.41) is 12.3. The Bertz CT molecular complexity index is 719. The minimum atomic E-state index is 0.687. The van der Waals surface area contributed by atoms with Gasteiger partial charge in [-0.1, -0.05) is 30.3 Å². The first-order chi connectivity index (χ1) is 12.8. The smallest absolute Gasteiger partial charge is 0.123 e. The second-order valence-corrected chi connectivity index (χ2v) is 6.32. The zero-order valence-corrected chi connectivity index (χ0v) is 15.0. The minimum Gasteiger partial charge on any atom is -0.492 e. The van der Waals surface area contributed by atoms with Gasteiger partial charge in [0.05, 0.1) is 24.8 Å². The first kappa shape index (κ1) is 18.4. The van der Waals surface area contributed by atoms with Crippen molar-refractivity contribution in [1.29, 1.82) is 5.26 Å². The van der Waals surface area contributed by atoms with E-state index in [0.717, 1.165) is 62.8 Å². The Morgan fingerprint density at radius 1 is 1.04 bits per heavy atom. The van der Waals surface area contributed by atoms with Crippen molar-refractivity contribution >= 4 is 0 Å². The summed E-state index contributed by atoms with van der Waals surface area (Å²) in [7, 11) is 0. The van der Waals surface area contributed by atoms with Crippen molar-refractivity contribution in [3.05, 3.63) is 65.2 Å². The first-order valence-electron chi connectivity index (χ1n) is 9.06. The second-order valence-electron chi connectivity index (χ2n) is 6.32. The molecule has 3 rings (SSSR count). The van der Waals surface area contributed by atoms with Crippen molar-refractivity contribution < 1.29 is 9.47 Å². The van der Waals surface area contributed by atoms with Gasteiger partial charge < -0.3 is 14.8 Å². The lowest BCUT2D eigenvalue weighted by atomic mass is 10.1. The topological polar surface area (TPSA) is 57.5 Å². The molecular formula is C21H25N3O2. The minimum absolute atomic E-state index is 0.687. The summed E-state index contributed by atoms with van der Waals surface area (Å²) in [5.41, 5.74) is 3.01. The molecular weight excluding hydrogens is 326 g/mol. The predicted molar refractivity (Wildman–Crippen MR) is 101 cm³/mol. The van der Waals surface area contributed by atoms with Gasteiger partial charge in [0.25, 0.3) is 0 Å². The SMILES string of the molecule is N#Cc1ccc(CNCc2ccccc2OCCN2CCOCC2)cc1. The molecule has 0 unspecified atom stereocenters. The van der Waals surface area contributed by atoms with E-state index in [4.69, 9.17) is 14.7 Å². The predicted octanol–water partition coefficient (Wildman–Crippen LogP) is 2.56. The maximum absolute atomic E-state index is 8.85. The van der Waals surface area contributed by atoms with Crippen LogP contribution in [0.1, 0.15) is 16.7 Å². The maximum atomic E-state index is 8.85. The monoisotopic (exact) mass is 351 g/mol. The Morgan fingerprint density at radius 3 is 2.58 bits per heavy atom. The molecule has 26 heavy (non-hydrogen) atoms. The molecule has 0 atom stereocenters. The van der Waals surface area contributed by atoms with Crippen LogP contribution >= 0.6 is 0 Å². The molecule has 1 N–H and O–H groups in total. The van der Waals surface area contributed by atoms with Crippen LogP contribution in [0.5, 0.6) is 5.75 Å². The fourth-order valence-electron chi connectivity index (χ4n) is 2.94. The lowest BCUT2D eigenvalue weighted by Crippen LogP contribution is -2.38. The number of nitriles is 1. The van der Waals surface area contributed by atoms with Crippen molar-refractivity contribution in [1.82, 2.24) is 10.2 Å². The fraction of sp³-hybridized carbons (Fsp3) is 0.381. The summed E-state index contributed by atoms with van der Waals surface area (Å²) < 4.78 is 11.4. The van der Waals surface area contributed by atoms with E-state index in [2.05, 4.69) is 22.4 Å². The van der Waals surface area contributed by atoms with Crippen molar-refractivity contribution in [2.75, 3.05) is 39.5 Å². The number of para-hydroxylation sites is 1. The van der Waals surface area contributed by atoms with Crippen LogP contribution in [0.25, 0.3) is 0 Å². The van der Waals surface area contributed by atoms with E-state index in [1.54, 1.807) is 0 Å². The Labute approximate surface area is 155 Å². The molecule has 1 heterocycles. The van der Waals surface area contributed by atoms with Crippen LogP contribution in [0.3, 0.4) is 0 Å². The third kappa shape index (κ3) is 5.57. The lowest BCUT2D eigenvalue weighted by molar-refractivity contribution is 0.0322. The molecule has 0 saturated carbocycles. The third-order valence-corrected chi connectivity index (χ3v) is 4.47. The highest BCUT2D eigenvalue weighted by Crippen LogP contribution is 2.18. The summed E-state index contributed by atoms with van der Waals surface area (Å²) in [5.74, 6) is 0.938. The molecule has 0 spiro atoms. The van der Waals surface area contributed by atoms with Gasteiger partial charge in [-0.3, -0.25) is 4.90 Å². The number of hydrogen-bond donors (Lipinski definition) is 1. The normalized spacial score (nSPS) is 14.7. The first-order valence-corrected chi connectivity index (χ1v) is 9.06. The van der Waals surface area contributed by atoms with Crippen molar-refractivity contribution in [3.8, 4) is 11.8 Å². The number of benzene rings is 2. The zero-order chi connectivity index (χ0) is 18.0. The second kappa shape index (κ2) is 9.93. The molecule has 1 aliphatic rings. The van der Waals surface area contributed by atoms with E-state index in [9.17, 15) is 0 Å². The molecule has 0 bridgehead atoms. The summed E-state index contributed by atoms with van der Waals surface area (Å²) in [6.45, 7) is 6.71. The van der Waals surface area contributed by atoms with E-state index in [1.807, 2.05) is 42.5 Å². The third-order valence-electron chi connectivity index (χ3n) is 4.47. The van der Waals surface area contributed by atoms with E-state index in [0.29, 0.717) is 12.2 Å². The molecule has 1 aliphatic heterocycles. The average molecular weight is 351 g/mol. The molecule has 0 aromatic heterocycles. The van der Waals surface area contributed by atoms with Crippen LogP contribution < -0.4 is 10.1 Å². The van der Waals surface area contributed by atoms with Gasteiger partial charge in [-0.05, 0) is 23.8 Å². The van der Waals surface area contributed by atoms with E-state index in [1.165, 1.54) is 0 Å². The van der Waals surface area contributed by atoms with Crippen LogP contribution in [0, 0.1) is 11.3 Å². The van der Waals surface area contributed by atoms with Crippen molar-refractivity contribution in [2.45, 2.75) is 13.1 Å². The van der Waals surface area contributed by atoms with E-state index >= 15 is 0 Å². The highest BCUT2D eigenvalue weighted by Gasteiger charge is 2.10.